The minimum Gasteiger partial charge on any atom is -0.352 e. The van der Waals surface area contributed by atoms with Crippen molar-refractivity contribution in [2.24, 2.45) is 0 Å². The van der Waals surface area contributed by atoms with Crippen molar-refractivity contribution in [2.75, 3.05) is 0 Å². The normalized spacial score (nSPS) is 10.9. The Morgan fingerprint density at radius 3 is 2.96 bits per heavy atom. The first-order chi connectivity index (χ1) is 11.1. The summed E-state index contributed by atoms with van der Waals surface area (Å²) >= 11 is 0. The van der Waals surface area contributed by atoms with E-state index in [0.29, 0.717) is 19.5 Å². The molecule has 4 nitrogen and oxygen atoms in total. The summed E-state index contributed by atoms with van der Waals surface area (Å²) in [7, 11) is 0. The van der Waals surface area contributed by atoms with E-state index in [1.807, 2.05) is 29.9 Å². The number of carbonyl (C=O) groups is 1. The summed E-state index contributed by atoms with van der Waals surface area (Å²) < 4.78 is 14.9. The number of aryl methyl sites for hydroxylation is 2. The van der Waals surface area contributed by atoms with Gasteiger partial charge in [0, 0.05) is 18.4 Å². The zero-order valence-electron chi connectivity index (χ0n) is 12.9. The van der Waals surface area contributed by atoms with Crippen LogP contribution in [0.4, 0.5) is 4.39 Å². The van der Waals surface area contributed by atoms with Crippen LogP contribution in [0.2, 0.25) is 0 Å². The number of amides is 1. The van der Waals surface area contributed by atoms with Crippen molar-refractivity contribution < 1.29 is 9.18 Å². The van der Waals surface area contributed by atoms with Crippen LogP contribution in [0.5, 0.6) is 0 Å². The Morgan fingerprint density at radius 2 is 2.13 bits per heavy atom. The Hall–Kier alpha value is -2.69. The fraction of sp³-hybridized carbons (Fsp3) is 0.222. The van der Waals surface area contributed by atoms with E-state index >= 15 is 0 Å². The highest BCUT2D eigenvalue weighted by atomic mass is 19.1. The molecule has 0 aliphatic carbocycles. The summed E-state index contributed by atoms with van der Waals surface area (Å²) in [5.41, 5.74) is 2.96. The smallest absolute Gasteiger partial charge is 0.222 e. The molecule has 0 saturated heterocycles. The third-order valence-corrected chi connectivity index (χ3v) is 3.73. The third-order valence-electron chi connectivity index (χ3n) is 3.73. The predicted molar refractivity (Wildman–Crippen MR) is 87.3 cm³/mol. The Labute approximate surface area is 133 Å². The van der Waals surface area contributed by atoms with Crippen LogP contribution in [0, 0.1) is 12.7 Å². The van der Waals surface area contributed by atoms with Crippen LogP contribution in [-0.2, 0) is 17.9 Å². The number of hydrogen-bond donors (Lipinski definition) is 1. The fourth-order valence-electron chi connectivity index (χ4n) is 2.53. The van der Waals surface area contributed by atoms with Gasteiger partial charge in [-0.05, 0) is 36.8 Å². The van der Waals surface area contributed by atoms with Crippen molar-refractivity contribution in [1.82, 2.24) is 15.1 Å². The summed E-state index contributed by atoms with van der Waals surface area (Å²) in [5.74, 6) is -0.375. The molecule has 0 aliphatic rings. The summed E-state index contributed by atoms with van der Waals surface area (Å²) in [6.45, 7) is 2.88. The lowest BCUT2D eigenvalue weighted by atomic mass is 10.2. The SMILES string of the molecule is Cc1ccc2c(cnn2CCC(=O)NCc2cccc(F)c2)c1. The molecular formula is C18H18FN3O. The molecule has 0 spiro atoms. The van der Waals surface area contributed by atoms with Crippen LogP contribution in [0.3, 0.4) is 0 Å². The van der Waals surface area contributed by atoms with E-state index in [9.17, 15) is 9.18 Å². The molecule has 3 rings (SSSR count). The Kier molecular flexibility index (Phi) is 4.37. The van der Waals surface area contributed by atoms with Crippen LogP contribution in [0.25, 0.3) is 10.9 Å². The molecule has 1 heterocycles. The molecule has 23 heavy (non-hydrogen) atoms. The number of carbonyl (C=O) groups excluding carboxylic acids is 1. The highest BCUT2D eigenvalue weighted by Crippen LogP contribution is 2.15. The fourth-order valence-corrected chi connectivity index (χ4v) is 2.53. The molecule has 1 aromatic heterocycles. The van der Waals surface area contributed by atoms with Gasteiger partial charge >= 0.3 is 0 Å². The molecule has 0 radical (unpaired) electrons. The molecule has 1 N–H and O–H groups in total. The minimum absolute atomic E-state index is 0.0787. The van der Waals surface area contributed by atoms with Crippen molar-refractivity contribution in [3.05, 3.63) is 65.6 Å². The highest BCUT2D eigenvalue weighted by molar-refractivity contribution is 5.80. The zero-order valence-corrected chi connectivity index (χ0v) is 12.9. The number of rotatable bonds is 5. The third kappa shape index (κ3) is 3.74. The number of fused-ring (bicyclic) bond motifs is 1. The lowest BCUT2D eigenvalue weighted by molar-refractivity contribution is -0.121. The standard InChI is InChI=1S/C18H18FN3O/c1-13-5-6-17-15(9-13)12-21-22(17)8-7-18(23)20-11-14-3-2-4-16(19)10-14/h2-6,9-10,12H,7-8,11H2,1H3,(H,20,23). The van der Waals surface area contributed by atoms with Gasteiger partial charge in [-0.2, -0.15) is 5.10 Å². The van der Waals surface area contributed by atoms with Gasteiger partial charge in [0.15, 0.2) is 0 Å². The van der Waals surface area contributed by atoms with Gasteiger partial charge in [-0.25, -0.2) is 4.39 Å². The lowest BCUT2D eigenvalue weighted by Crippen LogP contribution is -2.24. The maximum absolute atomic E-state index is 13.1. The minimum atomic E-state index is -0.296. The highest BCUT2D eigenvalue weighted by Gasteiger charge is 2.06. The largest absolute Gasteiger partial charge is 0.352 e. The van der Waals surface area contributed by atoms with Gasteiger partial charge in [-0.1, -0.05) is 23.8 Å². The first-order valence-corrected chi connectivity index (χ1v) is 7.55. The lowest BCUT2D eigenvalue weighted by Gasteiger charge is -2.07. The van der Waals surface area contributed by atoms with E-state index in [1.54, 1.807) is 12.1 Å². The van der Waals surface area contributed by atoms with Gasteiger partial charge in [0.2, 0.25) is 5.91 Å². The van der Waals surface area contributed by atoms with Gasteiger partial charge in [0.05, 0.1) is 18.3 Å². The van der Waals surface area contributed by atoms with Crippen LogP contribution < -0.4 is 5.32 Å². The maximum atomic E-state index is 13.1. The molecule has 0 saturated carbocycles. The topological polar surface area (TPSA) is 46.9 Å². The summed E-state index contributed by atoms with van der Waals surface area (Å²) in [5, 5.41) is 8.20. The number of hydrogen-bond acceptors (Lipinski definition) is 2. The van der Waals surface area contributed by atoms with Crippen molar-refractivity contribution in [1.29, 1.82) is 0 Å². The van der Waals surface area contributed by atoms with Crippen LogP contribution >= 0.6 is 0 Å². The van der Waals surface area contributed by atoms with Crippen molar-refractivity contribution >= 4 is 16.8 Å². The number of nitrogens with zero attached hydrogens (tertiary/aromatic N) is 2. The molecule has 2 aromatic carbocycles. The van der Waals surface area contributed by atoms with Crippen LogP contribution in [0.15, 0.2) is 48.7 Å². The molecule has 118 valence electrons. The molecule has 0 bridgehead atoms. The Bertz CT molecular complexity index is 841. The average molecular weight is 311 g/mol. The van der Waals surface area contributed by atoms with Crippen LogP contribution in [0.1, 0.15) is 17.5 Å². The molecule has 0 unspecified atom stereocenters. The molecule has 3 aromatic rings. The predicted octanol–water partition coefficient (Wildman–Crippen LogP) is 3.19. The molecule has 0 aliphatic heterocycles. The maximum Gasteiger partial charge on any atom is 0.222 e. The quantitative estimate of drug-likeness (QED) is 0.786. The second-order valence-electron chi connectivity index (χ2n) is 5.59. The Morgan fingerprint density at radius 1 is 1.26 bits per heavy atom. The van der Waals surface area contributed by atoms with E-state index in [2.05, 4.69) is 16.5 Å². The van der Waals surface area contributed by atoms with Gasteiger partial charge in [0.1, 0.15) is 5.82 Å². The van der Waals surface area contributed by atoms with Crippen molar-refractivity contribution in [2.45, 2.75) is 26.4 Å². The summed E-state index contributed by atoms with van der Waals surface area (Å²) in [6.07, 6.45) is 2.15. The second kappa shape index (κ2) is 6.60. The van der Waals surface area contributed by atoms with Gasteiger partial charge in [-0.15, -0.1) is 0 Å². The van der Waals surface area contributed by atoms with E-state index < -0.39 is 0 Å². The first kappa shape index (κ1) is 15.2. The van der Waals surface area contributed by atoms with E-state index in [-0.39, 0.29) is 11.7 Å². The van der Waals surface area contributed by atoms with Crippen LogP contribution in [-0.4, -0.2) is 15.7 Å². The average Bonchev–Trinajstić information content (AvgIpc) is 2.93. The Balaban J connectivity index is 1.56. The number of nitrogens with one attached hydrogen (secondary N) is 1. The van der Waals surface area contributed by atoms with Gasteiger partial charge in [0.25, 0.3) is 0 Å². The van der Waals surface area contributed by atoms with Crippen molar-refractivity contribution in [3.8, 4) is 0 Å². The molecular weight excluding hydrogens is 293 g/mol. The van der Waals surface area contributed by atoms with Gasteiger partial charge in [-0.3, -0.25) is 9.48 Å². The first-order valence-electron chi connectivity index (χ1n) is 7.55. The number of aromatic nitrogens is 2. The summed E-state index contributed by atoms with van der Waals surface area (Å²) in [6, 6.07) is 12.3. The van der Waals surface area contributed by atoms with Gasteiger partial charge < -0.3 is 5.32 Å². The molecule has 1 amide bonds. The molecule has 0 fully saturated rings. The zero-order chi connectivity index (χ0) is 16.2. The number of benzene rings is 2. The van der Waals surface area contributed by atoms with Crippen molar-refractivity contribution in [3.63, 3.8) is 0 Å². The molecule has 5 heteroatoms. The number of halogens is 1. The van der Waals surface area contributed by atoms with E-state index in [4.69, 9.17) is 0 Å². The monoisotopic (exact) mass is 311 g/mol. The van der Waals surface area contributed by atoms with E-state index in [1.165, 1.54) is 17.7 Å². The van der Waals surface area contributed by atoms with E-state index in [0.717, 1.165) is 16.5 Å². The molecule has 0 atom stereocenters. The summed E-state index contributed by atoms with van der Waals surface area (Å²) in [4.78, 5) is 11.9. The second-order valence-corrected chi connectivity index (χ2v) is 5.59.